The summed E-state index contributed by atoms with van der Waals surface area (Å²) in [5.41, 5.74) is 0. The zero-order valence-electron chi connectivity index (χ0n) is 17.9. The first-order chi connectivity index (χ1) is 14.1. The van der Waals surface area contributed by atoms with E-state index in [1.807, 2.05) is 24.3 Å². The van der Waals surface area contributed by atoms with E-state index >= 15 is 0 Å². The van der Waals surface area contributed by atoms with Gasteiger partial charge in [-0.3, -0.25) is 14.7 Å². The molecule has 1 aliphatic heterocycles. The highest BCUT2D eigenvalue weighted by atomic mass is 16.5. The highest BCUT2D eigenvalue weighted by Crippen LogP contribution is 2.18. The summed E-state index contributed by atoms with van der Waals surface area (Å²) in [5, 5.41) is 9.51. The summed E-state index contributed by atoms with van der Waals surface area (Å²) < 4.78 is 11.0. The predicted molar refractivity (Wildman–Crippen MR) is 116 cm³/mol. The van der Waals surface area contributed by atoms with Gasteiger partial charge in [0.2, 0.25) is 5.91 Å². The Morgan fingerprint density at radius 3 is 2.72 bits per heavy atom. The van der Waals surface area contributed by atoms with Gasteiger partial charge in [-0.15, -0.1) is 0 Å². The van der Waals surface area contributed by atoms with Crippen LogP contribution in [0.2, 0.25) is 0 Å². The van der Waals surface area contributed by atoms with Crippen molar-refractivity contribution < 1.29 is 14.3 Å². The van der Waals surface area contributed by atoms with Gasteiger partial charge in [0.25, 0.3) is 0 Å². The van der Waals surface area contributed by atoms with E-state index in [2.05, 4.69) is 32.8 Å². The van der Waals surface area contributed by atoms with Crippen LogP contribution >= 0.6 is 0 Å². The van der Waals surface area contributed by atoms with Gasteiger partial charge in [-0.25, -0.2) is 0 Å². The van der Waals surface area contributed by atoms with E-state index in [9.17, 15) is 4.79 Å². The second-order valence-corrected chi connectivity index (χ2v) is 7.01. The minimum Gasteiger partial charge on any atom is -0.497 e. The molecule has 1 aliphatic rings. The number of aliphatic imine (C=N–C) groups is 1. The molecule has 0 aromatic heterocycles. The van der Waals surface area contributed by atoms with Crippen molar-refractivity contribution in [3.8, 4) is 11.5 Å². The van der Waals surface area contributed by atoms with E-state index in [4.69, 9.17) is 9.47 Å². The number of benzene rings is 1. The van der Waals surface area contributed by atoms with Gasteiger partial charge in [-0.05, 0) is 31.9 Å². The molecule has 1 aromatic rings. The first kappa shape index (κ1) is 22.8. The summed E-state index contributed by atoms with van der Waals surface area (Å²) in [5.74, 6) is 2.52. The SMILES string of the molecule is CCNC(=NCCCOc1cccc(OC)c1)NC1CCN(CC(=O)NC)CC1. The molecule has 3 N–H and O–H groups in total. The maximum Gasteiger partial charge on any atom is 0.233 e. The zero-order chi connectivity index (χ0) is 20.9. The third kappa shape index (κ3) is 8.60. The van der Waals surface area contributed by atoms with Gasteiger partial charge in [0.1, 0.15) is 11.5 Å². The number of hydrogen-bond acceptors (Lipinski definition) is 5. The highest BCUT2D eigenvalue weighted by molar-refractivity contribution is 5.80. The molecular weight excluding hydrogens is 370 g/mol. The van der Waals surface area contributed by atoms with Gasteiger partial charge in [0.05, 0.1) is 20.3 Å². The smallest absolute Gasteiger partial charge is 0.233 e. The summed E-state index contributed by atoms with van der Waals surface area (Å²) in [4.78, 5) is 18.4. The molecule has 0 unspecified atom stereocenters. The Labute approximate surface area is 174 Å². The Hall–Kier alpha value is -2.48. The number of rotatable bonds is 10. The minimum atomic E-state index is 0.0717. The van der Waals surface area contributed by atoms with Gasteiger partial charge >= 0.3 is 0 Å². The summed E-state index contributed by atoms with van der Waals surface area (Å²) in [6.45, 7) is 6.49. The van der Waals surface area contributed by atoms with E-state index in [0.717, 1.165) is 56.4 Å². The number of ether oxygens (including phenoxy) is 2. The van der Waals surface area contributed by atoms with Gasteiger partial charge in [-0.1, -0.05) is 6.07 Å². The number of guanidine groups is 1. The Balaban J connectivity index is 1.70. The lowest BCUT2D eigenvalue weighted by Gasteiger charge is -2.32. The minimum absolute atomic E-state index is 0.0717. The molecule has 0 bridgehead atoms. The van der Waals surface area contributed by atoms with E-state index in [1.54, 1.807) is 14.2 Å². The molecule has 0 aliphatic carbocycles. The topological polar surface area (TPSA) is 87.2 Å². The number of likely N-dealkylation sites (N-methyl/N-ethyl adjacent to an activating group) is 1. The van der Waals surface area contributed by atoms with Crippen LogP contribution in [0.5, 0.6) is 11.5 Å². The lowest BCUT2D eigenvalue weighted by molar-refractivity contribution is -0.122. The Kier molecular flexibility index (Phi) is 10.1. The molecule has 1 aromatic carbocycles. The molecule has 1 fully saturated rings. The van der Waals surface area contributed by atoms with Crippen LogP contribution in [-0.2, 0) is 4.79 Å². The van der Waals surface area contributed by atoms with E-state index in [-0.39, 0.29) is 5.91 Å². The Morgan fingerprint density at radius 2 is 2.03 bits per heavy atom. The molecule has 8 heteroatoms. The van der Waals surface area contributed by atoms with Crippen molar-refractivity contribution in [2.45, 2.75) is 32.2 Å². The monoisotopic (exact) mass is 405 g/mol. The Bertz CT molecular complexity index is 645. The van der Waals surface area contributed by atoms with Crippen LogP contribution in [0, 0.1) is 0 Å². The number of carbonyl (C=O) groups excluding carboxylic acids is 1. The second-order valence-electron chi connectivity index (χ2n) is 7.01. The van der Waals surface area contributed by atoms with E-state index in [1.165, 1.54) is 0 Å². The first-order valence-electron chi connectivity index (χ1n) is 10.4. The largest absolute Gasteiger partial charge is 0.497 e. The van der Waals surface area contributed by atoms with Crippen molar-refractivity contribution >= 4 is 11.9 Å². The van der Waals surface area contributed by atoms with Crippen molar-refractivity contribution in [3.63, 3.8) is 0 Å². The summed E-state index contributed by atoms with van der Waals surface area (Å²) >= 11 is 0. The third-order valence-corrected chi connectivity index (χ3v) is 4.80. The van der Waals surface area contributed by atoms with Gasteiger partial charge in [-0.2, -0.15) is 0 Å². The Morgan fingerprint density at radius 1 is 1.28 bits per heavy atom. The molecule has 2 rings (SSSR count). The van der Waals surface area contributed by atoms with Crippen LogP contribution in [0.15, 0.2) is 29.3 Å². The van der Waals surface area contributed by atoms with Crippen molar-refractivity contribution in [2.75, 3.05) is 53.5 Å². The van der Waals surface area contributed by atoms with Crippen molar-refractivity contribution in [3.05, 3.63) is 24.3 Å². The van der Waals surface area contributed by atoms with E-state index < -0.39 is 0 Å². The number of hydrogen-bond donors (Lipinski definition) is 3. The average Bonchev–Trinajstić information content (AvgIpc) is 2.75. The number of amides is 1. The number of methoxy groups -OCH3 is 1. The van der Waals surface area contributed by atoms with Crippen molar-refractivity contribution in [1.82, 2.24) is 20.9 Å². The number of carbonyl (C=O) groups is 1. The quantitative estimate of drug-likeness (QED) is 0.308. The number of nitrogens with zero attached hydrogens (tertiary/aromatic N) is 2. The fourth-order valence-corrected chi connectivity index (χ4v) is 3.17. The van der Waals surface area contributed by atoms with Gasteiger partial charge < -0.3 is 25.4 Å². The second kappa shape index (κ2) is 12.9. The summed E-state index contributed by atoms with van der Waals surface area (Å²) in [7, 11) is 3.33. The maximum absolute atomic E-state index is 11.5. The molecule has 1 heterocycles. The maximum atomic E-state index is 11.5. The van der Waals surface area contributed by atoms with Crippen molar-refractivity contribution in [2.24, 2.45) is 4.99 Å². The molecule has 8 nitrogen and oxygen atoms in total. The number of piperidine rings is 1. The molecule has 29 heavy (non-hydrogen) atoms. The molecule has 0 radical (unpaired) electrons. The average molecular weight is 406 g/mol. The highest BCUT2D eigenvalue weighted by Gasteiger charge is 2.21. The van der Waals surface area contributed by atoms with Crippen LogP contribution in [0.1, 0.15) is 26.2 Å². The molecule has 0 saturated carbocycles. The standard InChI is InChI=1S/C21H35N5O3/c1-4-23-21(25-17-9-12-26(13-10-17)16-20(27)22-2)24-11-6-14-29-19-8-5-7-18(15-19)28-3/h5,7-8,15,17H,4,6,9-14,16H2,1-3H3,(H,22,27)(H2,23,24,25). The fraction of sp³-hybridized carbons (Fsp3) is 0.619. The van der Waals surface area contributed by atoms with Gasteiger partial charge in [0, 0.05) is 51.8 Å². The predicted octanol–water partition coefficient (Wildman–Crippen LogP) is 1.23. The van der Waals surface area contributed by atoms with Crippen LogP contribution < -0.4 is 25.4 Å². The number of nitrogens with one attached hydrogen (secondary N) is 3. The fourth-order valence-electron chi connectivity index (χ4n) is 3.17. The summed E-state index contributed by atoms with van der Waals surface area (Å²) in [6.07, 6.45) is 2.83. The third-order valence-electron chi connectivity index (χ3n) is 4.80. The normalized spacial score (nSPS) is 15.6. The molecule has 1 saturated heterocycles. The molecule has 0 spiro atoms. The summed E-state index contributed by atoms with van der Waals surface area (Å²) in [6, 6.07) is 8.00. The lowest BCUT2D eigenvalue weighted by atomic mass is 10.1. The van der Waals surface area contributed by atoms with Crippen LogP contribution in [0.3, 0.4) is 0 Å². The molecule has 162 valence electrons. The molecule has 0 atom stereocenters. The molecule has 1 amide bonds. The first-order valence-corrected chi connectivity index (χ1v) is 10.4. The molecular formula is C21H35N5O3. The van der Waals surface area contributed by atoms with E-state index in [0.29, 0.717) is 25.7 Å². The zero-order valence-corrected chi connectivity index (χ0v) is 17.9. The lowest BCUT2D eigenvalue weighted by Crippen LogP contribution is -2.50. The van der Waals surface area contributed by atoms with Crippen LogP contribution in [-0.4, -0.2) is 76.3 Å². The number of likely N-dealkylation sites (tertiary alicyclic amines) is 1. The van der Waals surface area contributed by atoms with Crippen LogP contribution in [0.25, 0.3) is 0 Å². The van der Waals surface area contributed by atoms with Crippen molar-refractivity contribution in [1.29, 1.82) is 0 Å². The van der Waals surface area contributed by atoms with Gasteiger partial charge in [0.15, 0.2) is 5.96 Å². The van der Waals surface area contributed by atoms with Crippen LogP contribution in [0.4, 0.5) is 0 Å².